The Labute approximate surface area is 78.7 Å². The molecule has 1 aromatic rings. The van der Waals surface area contributed by atoms with Gasteiger partial charge in [0.2, 0.25) is 0 Å². The van der Waals surface area contributed by atoms with E-state index < -0.39 is 0 Å². The topological polar surface area (TPSA) is 35.2 Å². The number of hydrogen-bond acceptors (Lipinski definition) is 2. The Morgan fingerprint density at radius 3 is 3.00 bits per heavy atom. The summed E-state index contributed by atoms with van der Waals surface area (Å²) >= 11 is 0. The van der Waals surface area contributed by atoms with Gasteiger partial charge >= 0.3 is 0 Å². The molecule has 0 amide bonds. The number of fused-ring (bicyclic) bond motifs is 1. The molecule has 2 rings (SSSR count). The average molecular weight is 177 g/mol. The van der Waals surface area contributed by atoms with Gasteiger partial charge in [0, 0.05) is 12.6 Å². The van der Waals surface area contributed by atoms with Crippen LogP contribution in [-0.4, -0.2) is 12.6 Å². The van der Waals surface area contributed by atoms with E-state index in [4.69, 9.17) is 10.5 Å². The average Bonchev–Trinajstić information content (AvgIpc) is 2.44. The van der Waals surface area contributed by atoms with Crippen LogP contribution >= 0.6 is 0 Å². The molecule has 0 saturated heterocycles. The first-order valence-corrected chi connectivity index (χ1v) is 4.78. The van der Waals surface area contributed by atoms with Crippen LogP contribution in [0.5, 0.6) is 0 Å². The van der Waals surface area contributed by atoms with Crippen LogP contribution in [-0.2, 0) is 11.2 Å². The highest BCUT2D eigenvalue weighted by molar-refractivity contribution is 5.35. The Morgan fingerprint density at radius 2 is 2.23 bits per heavy atom. The fourth-order valence-electron chi connectivity index (χ4n) is 1.98. The zero-order chi connectivity index (χ0) is 9.26. The van der Waals surface area contributed by atoms with Crippen molar-refractivity contribution in [1.29, 1.82) is 0 Å². The molecule has 0 aromatic heterocycles. The molecule has 13 heavy (non-hydrogen) atoms. The van der Waals surface area contributed by atoms with Crippen LogP contribution in [0.4, 0.5) is 0 Å². The highest BCUT2D eigenvalue weighted by Crippen LogP contribution is 2.32. The van der Waals surface area contributed by atoms with Gasteiger partial charge in [-0.3, -0.25) is 0 Å². The van der Waals surface area contributed by atoms with Crippen LogP contribution < -0.4 is 5.73 Å². The second-order valence-electron chi connectivity index (χ2n) is 3.44. The van der Waals surface area contributed by atoms with Gasteiger partial charge < -0.3 is 10.5 Å². The van der Waals surface area contributed by atoms with E-state index in [9.17, 15) is 0 Å². The predicted molar refractivity (Wildman–Crippen MR) is 52.5 cm³/mol. The van der Waals surface area contributed by atoms with Gasteiger partial charge in [-0.25, -0.2) is 0 Å². The highest BCUT2D eigenvalue weighted by Gasteiger charge is 2.29. The third-order valence-corrected chi connectivity index (χ3v) is 2.55. The van der Waals surface area contributed by atoms with Crippen LogP contribution in [0.2, 0.25) is 0 Å². The van der Waals surface area contributed by atoms with Crippen LogP contribution in [0.15, 0.2) is 24.3 Å². The lowest BCUT2D eigenvalue weighted by Crippen LogP contribution is -2.26. The first-order chi connectivity index (χ1) is 6.33. The Morgan fingerprint density at radius 1 is 1.46 bits per heavy atom. The quantitative estimate of drug-likeness (QED) is 0.745. The van der Waals surface area contributed by atoms with Gasteiger partial charge in [0.15, 0.2) is 0 Å². The number of nitrogens with two attached hydrogens (primary N) is 1. The Hall–Kier alpha value is -0.860. The third-order valence-electron chi connectivity index (χ3n) is 2.55. The normalized spacial score (nSPS) is 26.0. The predicted octanol–water partition coefficient (Wildman–Crippen LogP) is 1.65. The van der Waals surface area contributed by atoms with E-state index in [2.05, 4.69) is 18.2 Å². The Balaban J connectivity index is 2.29. The van der Waals surface area contributed by atoms with Gasteiger partial charge in [-0.15, -0.1) is 0 Å². The molecular weight excluding hydrogens is 162 g/mol. The summed E-state index contributed by atoms with van der Waals surface area (Å²) in [4.78, 5) is 0. The van der Waals surface area contributed by atoms with Crippen molar-refractivity contribution in [3.63, 3.8) is 0 Å². The molecule has 0 heterocycles. The van der Waals surface area contributed by atoms with Crippen molar-refractivity contribution in [1.82, 2.24) is 0 Å². The van der Waals surface area contributed by atoms with Crippen molar-refractivity contribution in [2.45, 2.75) is 25.5 Å². The molecule has 1 aliphatic carbocycles. The van der Waals surface area contributed by atoms with Crippen molar-refractivity contribution in [3.8, 4) is 0 Å². The van der Waals surface area contributed by atoms with Gasteiger partial charge in [0.05, 0.1) is 6.10 Å². The summed E-state index contributed by atoms with van der Waals surface area (Å²) in [5.41, 5.74) is 8.61. The number of benzene rings is 1. The van der Waals surface area contributed by atoms with Crippen LogP contribution in [0.25, 0.3) is 0 Å². The summed E-state index contributed by atoms with van der Waals surface area (Å²) in [5, 5.41) is 0. The summed E-state index contributed by atoms with van der Waals surface area (Å²) in [7, 11) is 0. The summed E-state index contributed by atoms with van der Waals surface area (Å²) in [6.07, 6.45) is 1.06. The van der Waals surface area contributed by atoms with Crippen molar-refractivity contribution < 1.29 is 4.74 Å². The molecule has 2 heteroatoms. The maximum atomic E-state index is 5.99. The molecule has 1 aromatic carbocycles. The molecule has 0 bridgehead atoms. The lowest BCUT2D eigenvalue weighted by atomic mass is 10.1. The standard InChI is InChI=1S/C11H15NO/c1-2-13-11-9-6-4-3-5-8(9)7-10(11)12/h3-6,10-11H,2,7,12H2,1H3/t10-,11-/m1/s1. The zero-order valence-electron chi connectivity index (χ0n) is 7.86. The minimum Gasteiger partial charge on any atom is -0.372 e. The van der Waals surface area contributed by atoms with Gasteiger partial charge in [-0.05, 0) is 24.5 Å². The minimum atomic E-state index is 0.112. The molecule has 0 aliphatic heterocycles. The number of hydrogen-bond donors (Lipinski definition) is 1. The first-order valence-electron chi connectivity index (χ1n) is 4.78. The summed E-state index contributed by atoms with van der Waals surface area (Å²) < 4.78 is 5.62. The van der Waals surface area contributed by atoms with Gasteiger partial charge in [0.25, 0.3) is 0 Å². The highest BCUT2D eigenvalue weighted by atomic mass is 16.5. The number of rotatable bonds is 2. The smallest absolute Gasteiger partial charge is 0.0981 e. The fourth-order valence-corrected chi connectivity index (χ4v) is 1.98. The van der Waals surface area contributed by atoms with E-state index in [-0.39, 0.29) is 12.1 Å². The van der Waals surface area contributed by atoms with Crippen molar-refractivity contribution in [3.05, 3.63) is 35.4 Å². The van der Waals surface area contributed by atoms with Crippen LogP contribution in [0.3, 0.4) is 0 Å². The second-order valence-corrected chi connectivity index (χ2v) is 3.44. The maximum absolute atomic E-state index is 5.99. The van der Waals surface area contributed by atoms with Crippen molar-refractivity contribution >= 4 is 0 Å². The van der Waals surface area contributed by atoms with E-state index in [1.165, 1.54) is 11.1 Å². The molecule has 0 fully saturated rings. The van der Waals surface area contributed by atoms with Gasteiger partial charge in [0.1, 0.15) is 0 Å². The van der Waals surface area contributed by atoms with Crippen molar-refractivity contribution in [2.75, 3.05) is 6.61 Å². The molecule has 0 unspecified atom stereocenters. The molecule has 2 nitrogen and oxygen atoms in total. The minimum absolute atomic E-state index is 0.112. The Kier molecular flexibility index (Phi) is 2.34. The summed E-state index contributed by atoms with van der Waals surface area (Å²) in [6, 6.07) is 8.48. The molecule has 70 valence electrons. The molecule has 2 N–H and O–H groups in total. The van der Waals surface area contributed by atoms with Crippen molar-refractivity contribution in [2.24, 2.45) is 5.73 Å². The lowest BCUT2D eigenvalue weighted by molar-refractivity contribution is 0.0518. The van der Waals surface area contributed by atoms with E-state index >= 15 is 0 Å². The second kappa shape index (κ2) is 3.48. The number of ether oxygens (including phenoxy) is 1. The van der Waals surface area contributed by atoms with Gasteiger partial charge in [-0.2, -0.15) is 0 Å². The molecule has 0 saturated carbocycles. The van der Waals surface area contributed by atoms with E-state index in [1.807, 2.05) is 13.0 Å². The van der Waals surface area contributed by atoms with E-state index in [0.717, 1.165) is 13.0 Å². The molecule has 0 spiro atoms. The largest absolute Gasteiger partial charge is 0.372 e. The molecule has 1 aliphatic rings. The van der Waals surface area contributed by atoms with Crippen LogP contribution in [0, 0.1) is 0 Å². The summed E-state index contributed by atoms with van der Waals surface area (Å²) in [5.74, 6) is 0. The van der Waals surface area contributed by atoms with Crippen LogP contribution in [0.1, 0.15) is 24.2 Å². The van der Waals surface area contributed by atoms with E-state index in [1.54, 1.807) is 0 Å². The monoisotopic (exact) mass is 177 g/mol. The zero-order valence-corrected chi connectivity index (χ0v) is 7.86. The molecule has 2 atom stereocenters. The first kappa shape index (κ1) is 8.73. The molecule has 0 radical (unpaired) electrons. The maximum Gasteiger partial charge on any atom is 0.0981 e. The Bertz CT molecular complexity index is 298. The third kappa shape index (κ3) is 1.47. The molecular formula is C11H15NO. The van der Waals surface area contributed by atoms with E-state index in [0.29, 0.717) is 0 Å². The SMILES string of the molecule is CCO[C@@H]1c2ccccc2C[C@H]1N. The summed E-state index contributed by atoms with van der Waals surface area (Å²) in [6.45, 7) is 2.74. The fraction of sp³-hybridized carbons (Fsp3) is 0.455. The lowest BCUT2D eigenvalue weighted by Gasteiger charge is -2.16. The van der Waals surface area contributed by atoms with Gasteiger partial charge in [-0.1, -0.05) is 24.3 Å².